The Kier molecular flexibility index (Phi) is 3.90. The van der Waals surface area contributed by atoms with E-state index in [0.29, 0.717) is 28.5 Å². The van der Waals surface area contributed by atoms with E-state index >= 15 is 0 Å². The maximum atomic E-state index is 13.4. The minimum Gasteiger partial charge on any atom is -0.805 e. The van der Waals surface area contributed by atoms with Gasteiger partial charge in [0, 0.05) is 35.7 Å². The van der Waals surface area contributed by atoms with Crippen molar-refractivity contribution in [1.29, 1.82) is 0 Å². The minimum absolute atomic E-state index is 0.0599. The van der Waals surface area contributed by atoms with Crippen molar-refractivity contribution in [2.75, 3.05) is 0 Å². The normalized spacial score (nSPS) is 23.7. The molecule has 4 rings (SSSR count). The topological polar surface area (TPSA) is 85.1 Å². The van der Waals surface area contributed by atoms with E-state index in [9.17, 15) is 19.7 Å². The fourth-order valence-electron chi connectivity index (χ4n) is 4.67. The monoisotopic (exact) mass is 380 g/mol. The molecule has 1 saturated carbocycles. The van der Waals surface area contributed by atoms with Crippen molar-refractivity contribution in [3.63, 3.8) is 0 Å². The Morgan fingerprint density at radius 2 is 1.71 bits per heavy atom. The Labute approximate surface area is 163 Å². The number of carbonyl (C=O) groups is 2. The number of rotatable bonds is 0. The second-order valence-corrected chi connectivity index (χ2v) is 9.47. The molecule has 0 atom stereocenters. The Morgan fingerprint density at radius 3 is 2.39 bits per heavy atom. The van der Waals surface area contributed by atoms with E-state index in [1.165, 1.54) is 0 Å². The van der Waals surface area contributed by atoms with E-state index in [0.717, 1.165) is 4.73 Å². The quantitative estimate of drug-likeness (QED) is 0.516. The van der Waals surface area contributed by atoms with Gasteiger partial charge in [-0.15, -0.1) is 0 Å². The predicted octanol–water partition coefficient (Wildman–Crippen LogP) is 3.59. The van der Waals surface area contributed by atoms with E-state index < -0.39 is 5.41 Å². The standard InChI is InChI=1S/C22H24N2O4/c1-21(2)10-13(9-14(25)11-21)18-19-17(12-22(3,4)20(18)26)23(27)15-7-5-6-8-16(15)24(19)28/h5-8H,9-12H2,1-4H3/b18-13-. The highest BCUT2D eigenvalue weighted by molar-refractivity contribution is 6.25. The number of hydrogen-bond donors (Lipinski definition) is 0. The van der Waals surface area contributed by atoms with Crippen LogP contribution >= 0.6 is 0 Å². The van der Waals surface area contributed by atoms with Crippen LogP contribution in [0.4, 0.5) is 0 Å². The lowest BCUT2D eigenvalue weighted by Crippen LogP contribution is -2.41. The molecule has 0 aliphatic heterocycles. The molecule has 0 spiro atoms. The molecule has 1 heterocycles. The summed E-state index contributed by atoms with van der Waals surface area (Å²) in [6.07, 6.45) is 1.35. The molecular formula is C22H24N2O4. The lowest BCUT2D eigenvalue weighted by atomic mass is 9.67. The van der Waals surface area contributed by atoms with E-state index in [4.69, 9.17) is 0 Å². The van der Waals surface area contributed by atoms with Crippen LogP contribution in [-0.4, -0.2) is 16.3 Å². The molecule has 6 heteroatoms. The summed E-state index contributed by atoms with van der Waals surface area (Å²) in [5.41, 5.74) is 0.793. The molecule has 0 N–H and O–H groups in total. The summed E-state index contributed by atoms with van der Waals surface area (Å²) in [7, 11) is 0. The molecule has 1 aromatic carbocycles. The van der Waals surface area contributed by atoms with Crippen LogP contribution in [0.25, 0.3) is 16.6 Å². The van der Waals surface area contributed by atoms with Crippen molar-refractivity contribution in [2.45, 2.75) is 53.4 Å². The Morgan fingerprint density at radius 1 is 1.04 bits per heavy atom. The fraction of sp³-hybridized carbons (Fsp3) is 0.455. The molecule has 0 unspecified atom stereocenters. The SMILES string of the molecule is CC1(C)CC(=O)C/C(=C2/C(=O)C(C)(C)Cc3c2[n+](=O)c2ccccc2n3[O-])C1. The summed E-state index contributed by atoms with van der Waals surface area (Å²) in [5.74, 6) is -0.106. The average molecular weight is 380 g/mol. The average Bonchev–Trinajstić information content (AvgIpc) is 2.59. The maximum Gasteiger partial charge on any atom is 0.293 e. The highest BCUT2D eigenvalue weighted by Gasteiger charge is 2.47. The molecule has 146 valence electrons. The number of fused-ring (bicyclic) bond motifs is 2. The van der Waals surface area contributed by atoms with Crippen LogP contribution in [0.15, 0.2) is 29.8 Å². The molecule has 0 radical (unpaired) electrons. The molecule has 2 aliphatic carbocycles. The van der Waals surface area contributed by atoms with Gasteiger partial charge >= 0.3 is 0 Å². The smallest absolute Gasteiger partial charge is 0.293 e. The molecule has 1 fully saturated rings. The molecule has 0 saturated heterocycles. The molecule has 0 bridgehead atoms. The summed E-state index contributed by atoms with van der Waals surface area (Å²) < 4.78 is 1.49. The molecule has 0 amide bonds. The number of para-hydroxylation sites is 2. The third-order valence-corrected chi connectivity index (χ3v) is 5.86. The Balaban J connectivity index is 2.12. The first kappa shape index (κ1) is 18.6. The van der Waals surface area contributed by atoms with Crippen molar-refractivity contribution in [3.05, 3.63) is 51.3 Å². The molecule has 2 aromatic rings. The van der Waals surface area contributed by atoms with Gasteiger partial charge in [0.25, 0.3) is 11.2 Å². The zero-order chi connectivity index (χ0) is 20.4. The summed E-state index contributed by atoms with van der Waals surface area (Å²) in [6, 6.07) is 6.60. The van der Waals surface area contributed by atoms with Crippen molar-refractivity contribution in [3.8, 4) is 0 Å². The molecule has 1 aromatic heterocycles. The zero-order valence-electron chi connectivity index (χ0n) is 16.7. The van der Waals surface area contributed by atoms with Crippen LogP contribution in [-0.2, 0) is 16.0 Å². The molecule has 28 heavy (non-hydrogen) atoms. The first-order valence-corrected chi connectivity index (χ1v) is 9.57. The lowest BCUT2D eigenvalue weighted by molar-refractivity contribution is -0.468. The Bertz CT molecular complexity index is 1140. The van der Waals surface area contributed by atoms with Crippen LogP contribution in [0.2, 0.25) is 0 Å². The highest BCUT2D eigenvalue weighted by Crippen LogP contribution is 2.45. The fourth-order valence-corrected chi connectivity index (χ4v) is 4.67. The third kappa shape index (κ3) is 2.70. The van der Waals surface area contributed by atoms with E-state index in [1.807, 2.05) is 13.8 Å². The molecular weight excluding hydrogens is 356 g/mol. The first-order chi connectivity index (χ1) is 13.0. The van der Waals surface area contributed by atoms with Gasteiger partial charge in [0.1, 0.15) is 11.3 Å². The number of carbonyl (C=O) groups excluding carboxylic acids is 2. The van der Waals surface area contributed by atoms with E-state index in [1.54, 1.807) is 38.1 Å². The number of hydrogen-bond acceptors (Lipinski definition) is 4. The van der Waals surface area contributed by atoms with Crippen molar-refractivity contribution in [1.82, 2.24) is 4.73 Å². The first-order valence-electron chi connectivity index (χ1n) is 9.57. The van der Waals surface area contributed by atoms with Gasteiger partial charge in [-0.3, -0.25) is 9.59 Å². The summed E-state index contributed by atoms with van der Waals surface area (Å²) in [6.45, 7) is 7.56. The second kappa shape index (κ2) is 5.87. The number of Topliss-reactive ketones (excluding diaryl/α,β-unsaturated/α-hetero) is 2. The van der Waals surface area contributed by atoms with Crippen LogP contribution in [0, 0.1) is 20.9 Å². The molecule has 6 nitrogen and oxygen atoms in total. The number of allylic oxidation sites excluding steroid dienone is 2. The third-order valence-electron chi connectivity index (χ3n) is 5.86. The number of aromatic nitrogens is 2. The van der Waals surface area contributed by atoms with Gasteiger partial charge in [-0.25, -0.2) is 0 Å². The van der Waals surface area contributed by atoms with Crippen molar-refractivity contribution in [2.24, 2.45) is 10.8 Å². The van der Waals surface area contributed by atoms with Gasteiger partial charge in [-0.05, 0) is 23.5 Å². The van der Waals surface area contributed by atoms with E-state index in [-0.39, 0.29) is 52.1 Å². The summed E-state index contributed by atoms with van der Waals surface area (Å²) in [5, 5.41) is 13.1. The lowest BCUT2D eigenvalue weighted by Gasteiger charge is -2.35. The van der Waals surface area contributed by atoms with Gasteiger partial charge in [-0.1, -0.05) is 39.8 Å². The van der Waals surface area contributed by atoms with Crippen LogP contribution in [0.1, 0.15) is 58.3 Å². The maximum absolute atomic E-state index is 13.4. The van der Waals surface area contributed by atoms with Gasteiger partial charge in [0.2, 0.25) is 0 Å². The van der Waals surface area contributed by atoms with Crippen LogP contribution in [0.5, 0.6) is 0 Å². The van der Waals surface area contributed by atoms with Crippen LogP contribution < -0.4 is 4.43 Å². The number of benzene rings is 1. The van der Waals surface area contributed by atoms with Gasteiger partial charge in [-0.2, -0.15) is 0 Å². The van der Waals surface area contributed by atoms with Crippen LogP contribution in [0.3, 0.4) is 0 Å². The van der Waals surface area contributed by atoms with E-state index in [2.05, 4.69) is 0 Å². The summed E-state index contributed by atoms with van der Waals surface area (Å²) in [4.78, 5) is 39.0. The van der Waals surface area contributed by atoms with Crippen molar-refractivity contribution < 1.29 is 14.0 Å². The largest absolute Gasteiger partial charge is 0.805 e. The van der Waals surface area contributed by atoms with Crippen molar-refractivity contribution >= 4 is 28.2 Å². The predicted molar refractivity (Wildman–Crippen MR) is 106 cm³/mol. The highest BCUT2D eigenvalue weighted by atomic mass is 16.5. The Hall–Kier alpha value is -2.76. The van der Waals surface area contributed by atoms with Gasteiger partial charge < -0.3 is 9.94 Å². The summed E-state index contributed by atoms with van der Waals surface area (Å²) >= 11 is 0. The zero-order valence-corrected chi connectivity index (χ0v) is 16.7. The number of ketones is 2. The number of nitrogens with zero attached hydrogens (tertiary/aromatic N) is 2. The van der Waals surface area contributed by atoms with Gasteiger partial charge in [0.15, 0.2) is 5.78 Å². The minimum atomic E-state index is -0.818. The molecule has 2 aliphatic rings. The second-order valence-electron chi connectivity index (χ2n) is 9.47. The van der Waals surface area contributed by atoms with Gasteiger partial charge in [0.05, 0.1) is 15.7 Å².